The Bertz CT molecular complexity index is 588. The highest BCUT2D eigenvalue weighted by atomic mass is 15.3. The quantitative estimate of drug-likeness (QED) is 0.926. The van der Waals surface area contributed by atoms with Crippen molar-refractivity contribution in [2.24, 2.45) is 5.73 Å². The second-order valence-corrected chi connectivity index (χ2v) is 5.39. The molecule has 3 heterocycles. The molecular formula is C16H21N5. The lowest BCUT2D eigenvalue weighted by molar-refractivity contribution is 0.641. The Morgan fingerprint density at radius 3 is 2.29 bits per heavy atom. The molecule has 1 aliphatic heterocycles. The number of nitrogens with two attached hydrogens (primary N) is 1. The van der Waals surface area contributed by atoms with Gasteiger partial charge in [-0.3, -0.25) is 0 Å². The lowest BCUT2D eigenvalue weighted by atomic mass is 10.2. The Morgan fingerprint density at radius 1 is 1.00 bits per heavy atom. The maximum absolute atomic E-state index is 5.61. The number of nitrogens with zero attached hydrogens (tertiary/aromatic N) is 4. The summed E-state index contributed by atoms with van der Waals surface area (Å²) in [6.45, 7) is 6.51. The fraction of sp³-hybridized carbons (Fsp3) is 0.375. The van der Waals surface area contributed by atoms with E-state index in [4.69, 9.17) is 5.73 Å². The van der Waals surface area contributed by atoms with Crippen molar-refractivity contribution in [3.8, 4) is 0 Å². The van der Waals surface area contributed by atoms with E-state index in [0.29, 0.717) is 6.54 Å². The molecule has 21 heavy (non-hydrogen) atoms. The average Bonchev–Trinajstić information content (AvgIpc) is 2.55. The highest BCUT2D eigenvalue weighted by Gasteiger charge is 2.18. The number of hydrogen-bond acceptors (Lipinski definition) is 5. The smallest absolute Gasteiger partial charge is 0.128 e. The first-order chi connectivity index (χ1) is 10.3. The van der Waals surface area contributed by atoms with E-state index >= 15 is 0 Å². The second-order valence-electron chi connectivity index (χ2n) is 5.39. The fourth-order valence-corrected chi connectivity index (χ4v) is 2.58. The first kappa shape index (κ1) is 13.8. The van der Waals surface area contributed by atoms with Crippen molar-refractivity contribution >= 4 is 11.6 Å². The van der Waals surface area contributed by atoms with Crippen molar-refractivity contribution in [3.05, 3.63) is 47.8 Å². The largest absolute Gasteiger partial charge is 0.353 e. The van der Waals surface area contributed by atoms with Crippen molar-refractivity contribution in [1.82, 2.24) is 9.97 Å². The van der Waals surface area contributed by atoms with Gasteiger partial charge >= 0.3 is 0 Å². The Kier molecular flexibility index (Phi) is 4.01. The van der Waals surface area contributed by atoms with Gasteiger partial charge in [-0.1, -0.05) is 6.07 Å². The Morgan fingerprint density at radius 2 is 1.71 bits per heavy atom. The average molecular weight is 283 g/mol. The monoisotopic (exact) mass is 283 g/mol. The van der Waals surface area contributed by atoms with Crippen LogP contribution in [0, 0.1) is 6.92 Å². The van der Waals surface area contributed by atoms with Gasteiger partial charge in [0.05, 0.1) is 0 Å². The van der Waals surface area contributed by atoms with Crippen molar-refractivity contribution in [2.75, 3.05) is 36.0 Å². The number of aryl methyl sites for hydroxylation is 1. The summed E-state index contributed by atoms with van der Waals surface area (Å²) in [6, 6.07) is 8.28. The molecule has 1 saturated heterocycles. The molecule has 2 N–H and O–H groups in total. The Hall–Kier alpha value is -2.14. The molecule has 0 unspecified atom stereocenters. The van der Waals surface area contributed by atoms with Gasteiger partial charge in [0.1, 0.15) is 11.6 Å². The third-order valence-corrected chi connectivity index (χ3v) is 3.87. The summed E-state index contributed by atoms with van der Waals surface area (Å²) in [5.74, 6) is 2.10. The topological polar surface area (TPSA) is 58.3 Å². The third kappa shape index (κ3) is 3.13. The van der Waals surface area contributed by atoms with Gasteiger partial charge in [0.15, 0.2) is 0 Å². The molecule has 0 bridgehead atoms. The fourth-order valence-electron chi connectivity index (χ4n) is 2.58. The van der Waals surface area contributed by atoms with Crippen LogP contribution >= 0.6 is 0 Å². The van der Waals surface area contributed by atoms with E-state index in [1.165, 1.54) is 5.56 Å². The zero-order valence-corrected chi connectivity index (χ0v) is 12.4. The van der Waals surface area contributed by atoms with Gasteiger partial charge in [0.2, 0.25) is 0 Å². The van der Waals surface area contributed by atoms with Gasteiger partial charge in [-0.2, -0.15) is 0 Å². The molecule has 1 fully saturated rings. The van der Waals surface area contributed by atoms with Crippen LogP contribution in [0.15, 0.2) is 36.7 Å². The minimum Gasteiger partial charge on any atom is -0.353 e. The molecule has 0 spiro atoms. The van der Waals surface area contributed by atoms with Crippen LogP contribution in [0.2, 0.25) is 0 Å². The maximum atomic E-state index is 5.61. The van der Waals surface area contributed by atoms with E-state index in [0.717, 1.165) is 43.4 Å². The molecule has 0 atom stereocenters. The summed E-state index contributed by atoms with van der Waals surface area (Å²) in [7, 11) is 0. The van der Waals surface area contributed by atoms with Gasteiger partial charge in [-0.05, 0) is 36.2 Å². The highest BCUT2D eigenvalue weighted by Crippen LogP contribution is 2.18. The van der Waals surface area contributed by atoms with Crippen molar-refractivity contribution in [3.63, 3.8) is 0 Å². The van der Waals surface area contributed by atoms with Crippen molar-refractivity contribution in [2.45, 2.75) is 13.5 Å². The number of pyridine rings is 2. The molecule has 1 aliphatic rings. The van der Waals surface area contributed by atoms with Crippen LogP contribution in [0.3, 0.4) is 0 Å². The number of anilines is 2. The predicted molar refractivity (Wildman–Crippen MR) is 85.5 cm³/mol. The molecule has 5 nitrogen and oxygen atoms in total. The molecule has 0 amide bonds. The zero-order chi connectivity index (χ0) is 14.7. The highest BCUT2D eigenvalue weighted by molar-refractivity contribution is 5.46. The van der Waals surface area contributed by atoms with Gasteiger partial charge in [-0.15, -0.1) is 0 Å². The van der Waals surface area contributed by atoms with Crippen LogP contribution in [0.1, 0.15) is 11.1 Å². The van der Waals surface area contributed by atoms with E-state index in [2.05, 4.69) is 44.9 Å². The number of aromatic nitrogens is 2. The molecule has 0 radical (unpaired) electrons. The number of rotatable bonds is 3. The van der Waals surface area contributed by atoms with Crippen LogP contribution < -0.4 is 15.5 Å². The van der Waals surface area contributed by atoms with E-state index in [-0.39, 0.29) is 0 Å². The summed E-state index contributed by atoms with van der Waals surface area (Å²) >= 11 is 0. The van der Waals surface area contributed by atoms with Gasteiger partial charge in [0, 0.05) is 45.1 Å². The molecule has 0 aromatic carbocycles. The third-order valence-electron chi connectivity index (χ3n) is 3.87. The molecule has 0 saturated carbocycles. The summed E-state index contributed by atoms with van der Waals surface area (Å²) in [5.41, 5.74) is 7.93. The Balaban J connectivity index is 1.64. The molecule has 5 heteroatoms. The van der Waals surface area contributed by atoms with E-state index in [1.807, 2.05) is 18.5 Å². The summed E-state index contributed by atoms with van der Waals surface area (Å²) in [5, 5.41) is 0. The first-order valence-corrected chi connectivity index (χ1v) is 7.34. The van der Waals surface area contributed by atoms with Gasteiger partial charge in [0.25, 0.3) is 0 Å². The molecule has 3 rings (SSSR count). The first-order valence-electron chi connectivity index (χ1n) is 7.34. The van der Waals surface area contributed by atoms with Crippen molar-refractivity contribution < 1.29 is 0 Å². The van der Waals surface area contributed by atoms with Crippen LogP contribution in [0.4, 0.5) is 11.6 Å². The van der Waals surface area contributed by atoms with E-state index < -0.39 is 0 Å². The SMILES string of the molecule is Cc1ccnc(N2CCN(c3ccc(CN)cn3)CC2)c1. The minimum absolute atomic E-state index is 0.542. The lowest BCUT2D eigenvalue weighted by Gasteiger charge is -2.36. The van der Waals surface area contributed by atoms with Crippen LogP contribution in [0.5, 0.6) is 0 Å². The van der Waals surface area contributed by atoms with Gasteiger partial charge in [-0.25, -0.2) is 9.97 Å². The second kappa shape index (κ2) is 6.10. The summed E-state index contributed by atoms with van der Waals surface area (Å²) < 4.78 is 0. The zero-order valence-electron chi connectivity index (χ0n) is 12.4. The minimum atomic E-state index is 0.542. The van der Waals surface area contributed by atoms with Crippen LogP contribution in [-0.2, 0) is 6.54 Å². The van der Waals surface area contributed by atoms with Crippen LogP contribution in [-0.4, -0.2) is 36.1 Å². The molecule has 2 aromatic heterocycles. The predicted octanol–water partition coefficient (Wildman–Crippen LogP) is 1.57. The lowest BCUT2D eigenvalue weighted by Crippen LogP contribution is -2.47. The van der Waals surface area contributed by atoms with E-state index in [9.17, 15) is 0 Å². The summed E-state index contributed by atoms with van der Waals surface area (Å²) in [6.07, 6.45) is 3.74. The van der Waals surface area contributed by atoms with E-state index in [1.54, 1.807) is 0 Å². The maximum Gasteiger partial charge on any atom is 0.128 e. The molecule has 110 valence electrons. The molecular weight excluding hydrogens is 262 g/mol. The molecule has 2 aromatic rings. The Labute approximate surface area is 125 Å². The van der Waals surface area contributed by atoms with Crippen molar-refractivity contribution in [1.29, 1.82) is 0 Å². The van der Waals surface area contributed by atoms with Gasteiger partial charge < -0.3 is 15.5 Å². The summed E-state index contributed by atoms with van der Waals surface area (Å²) in [4.78, 5) is 13.6. The number of hydrogen-bond donors (Lipinski definition) is 1. The normalized spacial score (nSPS) is 15.3. The number of piperazine rings is 1. The van der Waals surface area contributed by atoms with Crippen LogP contribution in [0.25, 0.3) is 0 Å². The molecule has 0 aliphatic carbocycles. The standard InChI is InChI=1S/C16H21N5/c1-13-4-5-18-16(10-13)21-8-6-20(7-9-21)15-3-2-14(11-17)12-19-15/h2-5,10,12H,6-9,11,17H2,1H3.